The van der Waals surface area contributed by atoms with Crippen LogP contribution in [0.3, 0.4) is 0 Å². The van der Waals surface area contributed by atoms with Crippen molar-refractivity contribution in [3.63, 3.8) is 0 Å². The first kappa shape index (κ1) is 20.1. The summed E-state index contributed by atoms with van der Waals surface area (Å²) in [4.78, 5) is 28.4. The maximum Gasteiger partial charge on any atom is 0.235 e. The van der Waals surface area contributed by atoms with Crippen LogP contribution in [0.5, 0.6) is 5.75 Å². The van der Waals surface area contributed by atoms with Gasteiger partial charge in [0.25, 0.3) is 0 Å². The average Bonchev–Trinajstić information content (AvgIpc) is 3.12. The summed E-state index contributed by atoms with van der Waals surface area (Å²) in [6.07, 6.45) is 0. The summed E-state index contributed by atoms with van der Waals surface area (Å²) in [6.45, 7) is 4.57. The number of nitrogens with zero attached hydrogens (tertiary/aromatic N) is 3. The quantitative estimate of drug-likeness (QED) is 0.755. The predicted molar refractivity (Wildman–Crippen MR) is 109 cm³/mol. The number of aromatic nitrogens is 1. The van der Waals surface area contributed by atoms with Gasteiger partial charge >= 0.3 is 0 Å². The Morgan fingerprint density at radius 2 is 1.96 bits per heavy atom. The normalized spacial score (nSPS) is 14.1. The van der Waals surface area contributed by atoms with E-state index in [-0.39, 0.29) is 23.3 Å². The van der Waals surface area contributed by atoms with Crippen LogP contribution in [0, 0.1) is 6.92 Å². The van der Waals surface area contributed by atoms with Gasteiger partial charge in [-0.25, -0.2) is 0 Å². The molecule has 1 aromatic heterocycles. The van der Waals surface area contributed by atoms with Crippen molar-refractivity contribution in [2.24, 2.45) is 0 Å². The van der Waals surface area contributed by atoms with Gasteiger partial charge in [0.15, 0.2) is 5.82 Å². The summed E-state index contributed by atoms with van der Waals surface area (Å²) in [6, 6.07) is 9.54. The van der Waals surface area contributed by atoms with Gasteiger partial charge in [-0.05, 0) is 19.1 Å². The summed E-state index contributed by atoms with van der Waals surface area (Å²) >= 11 is 1.30. The van der Waals surface area contributed by atoms with Gasteiger partial charge in [0.05, 0.1) is 24.3 Å². The van der Waals surface area contributed by atoms with Gasteiger partial charge in [0.2, 0.25) is 11.8 Å². The van der Waals surface area contributed by atoms with Crippen molar-refractivity contribution in [1.82, 2.24) is 10.1 Å². The zero-order valence-corrected chi connectivity index (χ0v) is 16.8. The Morgan fingerprint density at radius 1 is 1.21 bits per heavy atom. The molecule has 8 nitrogen and oxygen atoms in total. The highest BCUT2D eigenvalue weighted by atomic mass is 32.2. The first-order valence-electron chi connectivity index (χ1n) is 9.03. The zero-order chi connectivity index (χ0) is 19.9. The summed E-state index contributed by atoms with van der Waals surface area (Å²) in [7, 11) is 1.66. The number of ether oxygens (including phenoxy) is 1. The summed E-state index contributed by atoms with van der Waals surface area (Å²) in [5, 5.41) is 6.35. The minimum Gasteiger partial charge on any atom is -0.495 e. The van der Waals surface area contributed by atoms with Crippen LogP contribution in [-0.2, 0) is 9.59 Å². The smallest absolute Gasteiger partial charge is 0.235 e. The number of para-hydroxylation sites is 2. The largest absolute Gasteiger partial charge is 0.495 e. The SMILES string of the molecule is COc1ccccc1N1CCN(C(=O)CSCC(=O)Nc2cc(C)on2)CC1. The van der Waals surface area contributed by atoms with Crippen molar-refractivity contribution in [2.45, 2.75) is 6.92 Å². The molecule has 1 N–H and O–H groups in total. The van der Waals surface area contributed by atoms with Gasteiger partial charge in [0, 0.05) is 32.2 Å². The van der Waals surface area contributed by atoms with E-state index in [0.29, 0.717) is 24.7 Å². The number of rotatable bonds is 7. The van der Waals surface area contributed by atoms with Crippen molar-refractivity contribution in [3.05, 3.63) is 36.1 Å². The molecule has 3 rings (SSSR count). The molecule has 28 heavy (non-hydrogen) atoms. The molecule has 0 unspecified atom stereocenters. The number of hydrogen-bond donors (Lipinski definition) is 1. The minimum atomic E-state index is -0.202. The molecule has 9 heteroatoms. The van der Waals surface area contributed by atoms with E-state index in [0.717, 1.165) is 24.5 Å². The number of aryl methyl sites for hydroxylation is 1. The molecule has 1 fully saturated rings. The van der Waals surface area contributed by atoms with Gasteiger partial charge < -0.3 is 24.4 Å². The number of methoxy groups -OCH3 is 1. The van der Waals surface area contributed by atoms with Crippen molar-refractivity contribution in [1.29, 1.82) is 0 Å². The van der Waals surface area contributed by atoms with E-state index in [1.165, 1.54) is 11.8 Å². The third kappa shape index (κ3) is 5.19. The summed E-state index contributed by atoms with van der Waals surface area (Å²) in [5.74, 6) is 2.18. The maximum atomic E-state index is 12.4. The number of hydrogen-bond acceptors (Lipinski definition) is 7. The second-order valence-electron chi connectivity index (χ2n) is 6.40. The molecule has 1 saturated heterocycles. The number of carbonyl (C=O) groups excluding carboxylic acids is 2. The standard InChI is InChI=1S/C19H24N4O4S/c1-14-11-17(21-27-14)20-18(24)12-28-13-19(25)23-9-7-22(8-10-23)15-5-3-4-6-16(15)26-2/h3-6,11H,7-10,12-13H2,1-2H3,(H,20,21,24). The maximum absolute atomic E-state index is 12.4. The van der Waals surface area contributed by atoms with Crippen LogP contribution in [0.1, 0.15) is 5.76 Å². The Morgan fingerprint density at radius 3 is 2.64 bits per heavy atom. The molecule has 0 spiro atoms. The van der Waals surface area contributed by atoms with E-state index >= 15 is 0 Å². The molecule has 150 valence electrons. The number of amides is 2. The average molecular weight is 404 g/mol. The van der Waals surface area contributed by atoms with Crippen molar-refractivity contribution >= 4 is 35.1 Å². The number of thioether (sulfide) groups is 1. The van der Waals surface area contributed by atoms with Crippen LogP contribution in [0.4, 0.5) is 11.5 Å². The molecule has 1 aliphatic heterocycles. The Labute approximate surface area is 168 Å². The third-order valence-corrected chi connectivity index (χ3v) is 5.33. The molecule has 2 aromatic rings. The Kier molecular flexibility index (Phi) is 6.80. The van der Waals surface area contributed by atoms with Crippen molar-refractivity contribution in [3.8, 4) is 5.75 Å². The number of piperazine rings is 1. The lowest BCUT2D eigenvalue weighted by atomic mass is 10.2. The van der Waals surface area contributed by atoms with E-state index < -0.39 is 0 Å². The molecular weight excluding hydrogens is 380 g/mol. The first-order chi connectivity index (χ1) is 13.6. The molecule has 1 aliphatic rings. The van der Waals surface area contributed by atoms with Gasteiger partial charge in [-0.1, -0.05) is 17.3 Å². The Hall–Kier alpha value is -2.68. The van der Waals surface area contributed by atoms with Crippen LogP contribution in [0.25, 0.3) is 0 Å². The number of benzene rings is 1. The van der Waals surface area contributed by atoms with Crippen molar-refractivity contribution < 1.29 is 18.8 Å². The van der Waals surface area contributed by atoms with Crippen LogP contribution in [0.15, 0.2) is 34.9 Å². The van der Waals surface area contributed by atoms with Crippen LogP contribution < -0.4 is 15.0 Å². The topological polar surface area (TPSA) is 87.9 Å². The van der Waals surface area contributed by atoms with E-state index in [1.54, 1.807) is 20.1 Å². The van der Waals surface area contributed by atoms with E-state index in [4.69, 9.17) is 9.26 Å². The fourth-order valence-electron chi connectivity index (χ4n) is 3.01. The summed E-state index contributed by atoms with van der Waals surface area (Å²) < 4.78 is 10.3. The molecule has 0 radical (unpaired) electrons. The third-order valence-electron chi connectivity index (χ3n) is 4.41. The first-order valence-corrected chi connectivity index (χ1v) is 10.2. The highest BCUT2D eigenvalue weighted by Crippen LogP contribution is 2.28. The lowest BCUT2D eigenvalue weighted by Crippen LogP contribution is -2.49. The van der Waals surface area contributed by atoms with Gasteiger partial charge in [-0.2, -0.15) is 0 Å². The summed E-state index contributed by atoms with van der Waals surface area (Å²) in [5.41, 5.74) is 1.05. The van der Waals surface area contributed by atoms with Crippen LogP contribution in [0.2, 0.25) is 0 Å². The molecule has 0 atom stereocenters. The molecule has 0 aliphatic carbocycles. The molecular formula is C19H24N4O4S. The number of nitrogens with one attached hydrogen (secondary N) is 1. The highest BCUT2D eigenvalue weighted by molar-refractivity contribution is 8.00. The molecule has 2 amide bonds. The zero-order valence-electron chi connectivity index (χ0n) is 16.0. The van der Waals surface area contributed by atoms with Gasteiger partial charge in [-0.15, -0.1) is 11.8 Å². The monoisotopic (exact) mass is 404 g/mol. The predicted octanol–water partition coefficient (Wildman–Crippen LogP) is 2.01. The Balaban J connectivity index is 1.39. The fraction of sp³-hybridized carbons (Fsp3) is 0.421. The highest BCUT2D eigenvalue weighted by Gasteiger charge is 2.22. The van der Waals surface area contributed by atoms with Crippen molar-refractivity contribution in [2.75, 3.05) is 55.0 Å². The molecule has 0 saturated carbocycles. The molecule has 1 aromatic carbocycles. The van der Waals surface area contributed by atoms with E-state index in [2.05, 4.69) is 15.4 Å². The van der Waals surface area contributed by atoms with E-state index in [9.17, 15) is 9.59 Å². The Bertz CT molecular complexity index is 818. The fourth-order valence-corrected chi connectivity index (χ4v) is 3.73. The lowest BCUT2D eigenvalue weighted by Gasteiger charge is -2.36. The minimum absolute atomic E-state index is 0.0507. The van der Waals surface area contributed by atoms with E-state index in [1.807, 2.05) is 29.2 Å². The number of carbonyl (C=O) groups is 2. The van der Waals surface area contributed by atoms with Crippen LogP contribution in [-0.4, -0.2) is 66.7 Å². The van der Waals surface area contributed by atoms with Crippen LogP contribution >= 0.6 is 11.8 Å². The second-order valence-corrected chi connectivity index (χ2v) is 7.39. The number of anilines is 2. The van der Waals surface area contributed by atoms with Gasteiger partial charge in [0.1, 0.15) is 11.5 Å². The lowest BCUT2D eigenvalue weighted by molar-refractivity contribution is -0.128. The second kappa shape index (κ2) is 9.50. The van der Waals surface area contributed by atoms with Gasteiger partial charge in [-0.3, -0.25) is 9.59 Å². The molecule has 0 bridgehead atoms. The molecule has 2 heterocycles.